The molecule has 29 heavy (non-hydrogen) atoms. The van der Waals surface area contributed by atoms with E-state index >= 15 is 0 Å². The minimum Gasteiger partial charge on any atom is -0.342 e. The molecular weight excluding hydrogens is 386 g/mol. The molecular formula is C21H27N5O2S. The van der Waals surface area contributed by atoms with E-state index in [4.69, 9.17) is 12.2 Å². The summed E-state index contributed by atoms with van der Waals surface area (Å²) in [6.45, 7) is 2.06. The first-order valence-electron chi connectivity index (χ1n) is 10.3. The van der Waals surface area contributed by atoms with E-state index in [2.05, 4.69) is 16.3 Å². The molecule has 1 aromatic heterocycles. The van der Waals surface area contributed by atoms with Crippen molar-refractivity contribution in [3.8, 4) is 0 Å². The van der Waals surface area contributed by atoms with Crippen LogP contribution in [0.1, 0.15) is 49.4 Å². The predicted molar refractivity (Wildman–Crippen MR) is 113 cm³/mol. The highest BCUT2D eigenvalue weighted by molar-refractivity contribution is 7.71. The number of amides is 2. The average Bonchev–Trinajstić information content (AvgIpc) is 3.08. The topological polar surface area (TPSA) is 74.2 Å². The molecule has 8 heteroatoms. The molecule has 0 radical (unpaired) electrons. The summed E-state index contributed by atoms with van der Waals surface area (Å²) in [4.78, 5) is 29.0. The van der Waals surface area contributed by atoms with Crippen molar-refractivity contribution in [3.63, 3.8) is 0 Å². The Hall–Kier alpha value is -2.48. The Kier molecular flexibility index (Phi) is 5.80. The normalized spacial score (nSPS) is 19.3. The molecule has 1 atom stereocenters. The van der Waals surface area contributed by atoms with Crippen molar-refractivity contribution in [2.75, 3.05) is 24.5 Å². The number of H-pyrrole nitrogens is 1. The van der Waals surface area contributed by atoms with Crippen molar-refractivity contribution < 1.29 is 9.59 Å². The minimum absolute atomic E-state index is 0.153. The van der Waals surface area contributed by atoms with Gasteiger partial charge in [0.15, 0.2) is 4.77 Å². The number of fused-ring (bicyclic) bond motifs is 1. The summed E-state index contributed by atoms with van der Waals surface area (Å²) in [5, 5.41) is 7.19. The van der Waals surface area contributed by atoms with Crippen LogP contribution in [-0.4, -0.2) is 51.1 Å². The summed E-state index contributed by atoms with van der Waals surface area (Å²) in [5.41, 5.74) is 2.21. The van der Waals surface area contributed by atoms with Gasteiger partial charge in [-0.1, -0.05) is 18.2 Å². The maximum Gasteiger partial charge on any atom is 0.227 e. The number of nitrogens with one attached hydrogen (secondary N) is 1. The lowest BCUT2D eigenvalue weighted by molar-refractivity contribution is -0.132. The number of aryl methyl sites for hydroxylation is 1. The van der Waals surface area contributed by atoms with E-state index < -0.39 is 0 Å². The van der Waals surface area contributed by atoms with Gasteiger partial charge in [-0.25, -0.2) is 0 Å². The molecule has 0 saturated carbocycles. The molecule has 1 fully saturated rings. The van der Waals surface area contributed by atoms with Gasteiger partial charge in [-0.2, -0.15) is 5.10 Å². The van der Waals surface area contributed by atoms with Crippen LogP contribution >= 0.6 is 12.2 Å². The van der Waals surface area contributed by atoms with E-state index in [0.717, 1.165) is 37.3 Å². The van der Waals surface area contributed by atoms with Crippen LogP contribution in [0.25, 0.3) is 0 Å². The van der Waals surface area contributed by atoms with Gasteiger partial charge in [-0.3, -0.25) is 14.7 Å². The van der Waals surface area contributed by atoms with E-state index in [0.29, 0.717) is 37.1 Å². The molecule has 4 rings (SSSR count). The summed E-state index contributed by atoms with van der Waals surface area (Å²) in [6, 6.07) is 8.06. The monoisotopic (exact) mass is 413 g/mol. The van der Waals surface area contributed by atoms with Crippen LogP contribution < -0.4 is 4.90 Å². The van der Waals surface area contributed by atoms with E-state index in [1.807, 2.05) is 39.6 Å². The zero-order valence-corrected chi connectivity index (χ0v) is 17.6. The lowest BCUT2D eigenvalue weighted by atomic mass is 9.96. The number of anilines is 1. The number of benzene rings is 1. The van der Waals surface area contributed by atoms with Crippen LogP contribution in [0, 0.1) is 4.77 Å². The Morgan fingerprint density at radius 3 is 2.93 bits per heavy atom. The highest BCUT2D eigenvalue weighted by Crippen LogP contribution is 2.28. The van der Waals surface area contributed by atoms with Crippen LogP contribution in [0.5, 0.6) is 0 Å². The number of nitrogens with zero attached hydrogens (tertiary/aromatic N) is 4. The second-order valence-corrected chi connectivity index (χ2v) is 8.29. The Balaban J connectivity index is 1.34. The summed E-state index contributed by atoms with van der Waals surface area (Å²) < 4.78 is 2.50. The lowest BCUT2D eigenvalue weighted by Gasteiger charge is -2.33. The van der Waals surface area contributed by atoms with Crippen LogP contribution in [-0.2, 0) is 23.1 Å². The first-order valence-corrected chi connectivity index (χ1v) is 10.7. The number of rotatable bonds is 5. The van der Waals surface area contributed by atoms with Crippen molar-refractivity contribution in [1.82, 2.24) is 19.7 Å². The van der Waals surface area contributed by atoms with Crippen molar-refractivity contribution in [2.45, 2.75) is 44.4 Å². The van der Waals surface area contributed by atoms with Crippen LogP contribution in [0.3, 0.4) is 0 Å². The first kappa shape index (κ1) is 19.8. The third kappa shape index (κ3) is 4.12. The van der Waals surface area contributed by atoms with Gasteiger partial charge >= 0.3 is 0 Å². The fourth-order valence-corrected chi connectivity index (χ4v) is 4.57. The van der Waals surface area contributed by atoms with Gasteiger partial charge < -0.3 is 14.4 Å². The summed E-state index contributed by atoms with van der Waals surface area (Å²) >= 11 is 5.21. The molecule has 0 aliphatic carbocycles. The summed E-state index contributed by atoms with van der Waals surface area (Å²) in [7, 11) is 1.91. The Morgan fingerprint density at radius 2 is 2.14 bits per heavy atom. The molecule has 2 aliphatic rings. The lowest BCUT2D eigenvalue weighted by Crippen LogP contribution is -2.40. The standard InChI is InChI=1S/C21H27N5O2S/c1-24-20(22-23-21(24)29)16-7-4-12-25(14-16)18(27)9-5-13-26-17-8-3-2-6-15(17)10-11-19(26)28/h2-3,6,8,16H,4-5,7,9-14H2,1H3,(H,23,29). The second-order valence-electron chi connectivity index (χ2n) is 7.90. The molecule has 1 aromatic carbocycles. The number of likely N-dealkylation sites (tertiary alicyclic amines) is 1. The highest BCUT2D eigenvalue weighted by Gasteiger charge is 2.28. The number of piperidine rings is 1. The Morgan fingerprint density at radius 1 is 1.31 bits per heavy atom. The van der Waals surface area contributed by atoms with Crippen LogP contribution in [0.15, 0.2) is 24.3 Å². The molecule has 2 amide bonds. The molecule has 7 nitrogen and oxygen atoms in total. The number of carbonyl (C=O) groups excluding carboxylic acids is 2. The number of hydrogen-bond donors (Lipinski definition) is 1. The van der Waals surface area contributed by atoms with Gasteiger partial charge in [0.2, 0.25) is 11.8 Å². The molecule has 2 aromatic rings. The quantitative estimate of drug-likeness (QED) is 0.765. The van der Waals surface area contributed by atoms with Crippen LogP contribution in [0.4, 0.5) is 5.69 Å². The smallest absolute Gasteiger partial charge is 0.227 e. The zero-order chi connectivity index (χ0) is 20.4. The van der Waals surface area contributed by atoms with Gasteiger partial charge in [-0.05, 0) is 49.5 Å². The van der Waals surface area contributed by atoms with Crippen molar-refractivity contribution in [2.24, 2.45) is 7.05 Å². The fourth-order valence-electron chi connectivity index (χ4n) is 4.43. The maximum atomic E-state index is 12.8. The van der Waals surface area contributed by atoms with Crippen molar-refractivity contribution >= 4 is 29.7 Å². The molecule has 1 N–H and O–H groups in total. The van der Waals surface area contributed by atoms with Gasteiger partial charge in [0.05, 0.1) is 0 Å². The third-order valence-corrected chi connectivity index (χ3v) is 6.38. The molecule has 154 valence electrons. The number of aromatic amines is 1. The number of carbonyl (C=O) groups is 2. The van der Waals surface area contributed by atoms with Crippen molar-refractivity contribution in [1.29, 1.82) is 0 Å². The summed E-state index contributed by atoms with van der Waals surface area (Å²) in [6.07, 6.45) is 4.45. The molecule has 3 heterocycles. The molecule has 0 spiro atoms. The van der Waals surface area contributed by atoms with E-state index in [1.165, 1.54) is 5.56 Å². The molecule has 2 aliphatic heterocycles. The molecule has 1 unspecified atom stereocenters. The first-order chi connectivity index (χ1) is 14.0. The zero-order valence-electron chi connectivity index (χ0n) is 16.8. The maximum absolute atomic E-state index is 12.8. The minimum atomic E-state index is 0.153. The Bertz CT molecular complexity index is 966. The van der Waals surface area contributed by atoms with Gasteiger partial charge in [0.1, 0.15) is 5.82 Å². The predicted octanol–water partition coefficient (Wildman–Crippen LogP) is 2.94. The van der Waals surface area contributed by atoms with E-state index in [-0.39, 0.29) is 17.7 Å². The van der Waals surface area contributed by atoms with Gasteiger partial charge in [0, 0.05) is 51.1 Å². The Labute approximate surface area is 175 Å². The second kappa shape index (κ2) is 8.49. The number of hydrogen-bond acceptors (Lipinski definition) is 4. The fraction of sp³-hybridized carbons (Fsp3) is 0.524. The van der Waals surface area contributed by atoms with Gasteiger partial charge in [0.25, 0.3) is 0 Å². The number of aromatic nitrogens is 3. The number of para-hydroxylation sites is 1. The SMILES string of the molecule is Cn1c(C2CCCN(C(=O)CCCN3C(=O)CCc4ccccc43)C2)n[nH]c1=S. The van der Waals surface area contributed by atoms with E-state index in [9.17, 15) is 9.59 Å². The van der Waals surface area contributed by atoms with E-state index in [1.54, 1.807) is 0 Å². The largest absolute Gasteiger partial charge is 0.342 e. The van der Waals surface area contributed by atoms with Crippen molar-refractivity contribution in [3.05, 3.63) is 40.4 Å². The molecule has 0 bridgehead atoms. The average molecular weight is 414 g/mol. The van der Waals surface area contributed by atoms with Gasteiger partial charge in [-0.15, -0.1) is 0 Å². The summed E-state index contributed by atoms with van der Waals surface area (Å²) in [5.74, 6) is 1.44. The molecule has 1 saturated heterocycles. The highest BCUT2D eigenvalue weighted by atomic mass is 32.1. The third-order valence-electron chi connectivity index (χ3n) is 6.02. The van der Waals surface area contributed by atoms with Crippen LogP contribution in [0.2, 0.25) is 0 Å².